The number of H-pyrrole nitrogens is 1. The Morgan fingerprint density at radius 3 is 2.82 bits per heavy atom. The molecule has 0 aliphatic heterocycles. The van der Waals surface area contributed by atoms with Crippen LogP contribution in [0.4, 0.5) is 11.6 Å². The van der Waals surface area contributed by atoms with Crippen molar-refractivity contribution in [2.24, 2.45) is 0 Å². The predicted molar refractivity (Wildman–Crippen MR) is 68.7 cm³/mol. The molecule has 2 N–H and O–H groups in total. The molecule has 0 radical (unpaired) electrons. The number of aryl methyl sites for hydroxylation is 2. The van der Waals surface area contributed by atoms with Crippen molar-refractivity contribution in [2.75, 3.05) is 5.32 Å². The first-order chi connectivity index (χ1) is 8.19. The summed E-state index contributed by atoms with van der Waals surface area (Å²) in [5, 5.41) is 3.14. The molecular formula is C13H15N3O. The lowest BCUT2D eigenvalue weighted by atomic mass is 10.1. The number of hydrogen-bond acceptors (Lipinski definition) is 3. The summed E-state index contributed by atoms with van der Waals surface area (Å²) in [6, 6.07) is 9.44. The number of rotatable bonds is 3. The van der Waals surface area contributed by atoms with E-state index in [1.54, 1.807) is 6.92 Å². The number of aromatic amines is 1. The van der Waals surface area contributed by atoms with Crippen LogP contribution in [0.25, 0.3) is 0 Å². The first kappa shape index (κ1) is 11.4. The normalized spacial score (nSPS) is 10.2. The fourth-order valence-corrected chi connectivity index (χ4v) is 1.72. The van der Waals surface area contributed by atoms with Crippen molar-refractivity contribution in [1.29, 1.82) is 0 Å². The van der Waals surface area contributed by atoms with Crippen molar-refractivity contribution < 1.29 is 0 Å². The minimum atomic E-state index is -0.144. The second-order valence-electron chi connectivity index (χ2n) is 3.87. The molecule has 0 saturated heterocycles. The van der Waals surface area contributed by atoms with Crippen molar-refractivity contribution in [3.63, 3.8) is 0 Å². The van der Waals surface area contributed by atoms with Gasteiger partial charge in [-0.15, -0.1) is 0 Å². The van der Waals surface area contributed by atoms with Gasteiger partial charge in [-0.25, -0.2) is 4.98 Å². The first-order valence-electron chi connectivity index (χ1n) is 5.62. The maximum atomic E-state index is 11.3. The third-order valence-electron chi connectivity index (χ3n) is 2.52. The van der Waals surface area contributed by atoms with E-state index >= 15 is 0 Å². The van der Waals surface area contributed by atoms with Gasteiger partial charge in [0.1, 0.15) is 0 Å². The topological polar surface area (TPSA) is 57.8 Å². The number of aromatic nitrogens is 2. The standard InChI is InChI=1S/C13H15N3O/c1-3-10-6-4-5-7-11(10)15-13-14-9(2)8-12(17)16-13/h4-8H,3H2,1-2H3,(H2,14,15,16,17). The van der Waals surface area contributed by atoms with Gasteiger partial charge in [0.2, 0.25) is 5.95 Å². The van der Waals surface area contributed by atoms with Crippen molar-refractivity contribution in [3.05, 3.63) is 51.9 Å². The summed E-state index contributed by atoms with van der Waals surface area (Å²) in [7, 11) is 0. The number of para-hydroxylation sites is 1. The van der Waals surface area contributed by atoms with Gasteiger partial charge in [0.05, 0.1) is 0 Å². The van der Waals surface area contributed by atoms with Gasteiger partial charge in [-0.05, 0) is 25.0 Å². The predicted octanol–water partition coefficient (Wildman–Crippen LogP) is 2.38. The van der Waals surface area contributed by atoms with Crippen LogP contribution in [0.1, 0.15) is 18.2 Å². The number of hydrogen-bond donors (Lipinski definition) is 2. The lowest BCUT2D eigenvalue weighted by molar-refractivity contribution is 1.06. The van der Waals surface area contributed by atoms with Crippen LogP contribution < -0.4 is 10.9 Å². The van der Waals surface area contributed by atoms with Crippen molar-refractivity contribution in [1.82, 2.24) is 9.97 Å². The van der Waals surface area contributed by atoms with Crippen molar-refractivity contribution >= 4 is 11.6 Å². The molecule has 0 atom stereocenters. The molecule has 0 saturated carbocycles. The van der Waals surface area contributed by atoms with Crippen LogP contribution in [0, 0.1) is 6.92 Å². The zero-order valence-electron chi connectivity index (χ0n) is 9.95. The molecule has 2 rings (SSSR count). The summed E-state index contributed by atoms with van der Waals surface area (Å²) in [5.41, 5.74) is 2.72. The maximum absolute atomic E-state index is 11.3. The molecule has 0 aliphatic carbocycles. The van der Waals surface area contributed by atoms with Crippen LogP contribution in [0.2, 0.25) is 0 Å². The van der Waals surface area contributed by atoms with Gasteiger partial charge in [-0.1, -0.05) is 25.1 Å². The van der Waals surface area contributed by atoms with E-state index in [2.05, 4.69) is 28.3 Å². The monoisotopic (exact) mass is 229 g/mol. The summed E-state index contributed by atoms with van der Waals surface area (Å²) in [4.78, 5) is 18.2. The summed E-state index contributed by atoms with van der Waals surface area (Å²) in [5.74, 6) is 0.482. The highest BCUT2D eigenvalue weighted by molar-refractivity contribution is 5.58. The van der Waals surface area contributed by atoms with Crippen LogP contribution in [0.5, 0.6) is 0 Å². The summed E-state index contributed by atoms with van der Waals surface area (Å²) in [6.45, 7) is 3.89. The molecule has 0 spiro atoms. The second kappa shape index (κ2) is 4.82. The minimum Gasteiger partial charge on any atom is -0.325 e. The third kappa shape index (κ3) is 2.72. The molecule has 4 nitrogen and oxygen atoms in total. The highest BCUT2D eigenvalue weighted by atomic mass is 16.1. The van der Waals surface area contributed by atoms with Crippen LogP contribution in [-0.2, 0) is 6.42 Å². The lowest BCUT2D eigenvalue weighted by Crippen LogP contribution is -2.11. The van der Waals surface area contributed by atoms with Gasteiger partial charge in [0, 0.05) is 17.4 Å². The van der Waals surface area contributed by atoms with Crippen LogP contribution in [0.3, 0.4) is 0 Å². The lowest BCUT2D eigenvalue weighted by Gasteiger charge is -2.09. The maximum Gasteiger partial charge on any atom is 0.252 e. The molecule has 0 aliphatic rings. The van der Waals surface area contributed by atoms with E-state index in [1.165, 1.54) is 11.6 Å². The van der Waals surface area contributed by atoms with Crippen LogP contribution >= 0.6 is 0 Å². The molecule has 1 aromatic carbocycles. The number of benzene rings is 1. The quantitative estimate of drug-likeness (QED) is 0.849. The molecular weight excluding hydrogens is 214 g/mol. The molecule has 88 valence electrons. The van der Waals surface area contributed by atoms with Gasteiger partial charge < -0.3 is 5.32 Å². The number of nitrogens with zero attached hydrogens (tertiary/aromatic N) is 1. The van der Waals surface area contributed by atoms with E-state index in [0.29, 0.717) is 11.6 Å². The van der Waals surface area contributed by atoms with Crippen molar-refractivity contribution in [2.45, 2.75) is 20.3 Å². The number of nitrogens with one attached hydrogen (secondary N) is 2. The fraction of sp³-hybridized carbons (Fsp3) is 0.231. The SMILES string of the molecule is CCc1ccccc1Nc1nc(C)cc(=O)[nH]1. The Labute approximate surface area is 99.7 Å². The molecule has 0 fully saturated rings. The van der Waals surface area contributed by atoms with Crippen LogP contribution in [-0.4, -0.2) is 9.97 Å². The Morgan fingerprint density at radius 2 is 2.12 bits per heavy atom. The Balaban J connectivity index is 2.34. The molecule has 2 aromatic rings. The Hall–Kier alpha value is -2.10. The van der Waals surface area contributed by atoms with Gasteiger partial charge in [0.15, 0.2) is 0 Å². The Kier molecular flexibility index (Phi) is 3.23. The summed E-state index contributed by atoms with van der Waals surface area (Å²) in [6.07, 6.45) is 0.930. The Morgan fingerprint density at radius 1 is 1.35 bits per heavy atom. The van der Waals surface area contributed by atoms with E-state index in [4.69, 9.17) is 0 Å². The summed E-state index contributed by atoms with van der Waals surface area (Å²) >= 11 is 0. The highest BCUT2D eigenvalue weighted by Gasteiger charge is 2.02. The Bertz CT molecular complexity index is 575. The fourth-order valence-electron chi connectivity index (χ4n) is 1.72. The highest BCUT2D eigenvalue weighted by Crippen LogP contribution is 2.18. The molecule has 1 heterocycles. The van der Waals surface area contributed by atoms with E-state index in [-0.39, 0.29) is 5.56 Å². The largest absolute Gasteiger partial charge is 0.325 e. The molecule has 4 heteroatoms. The third-order valence-corrected chi connectivity index (χ3v) is 2.52. The average Bonchev–Trinajstić information content (AvgIpc) is 2.28. The van der Waals surface area contributed by atoms with E-state index in [9.17, 15) is 4.79 Å². The smallest absolute Gasteiger partial charge is 0.252 e. The molecule has 0 unspecified atom stereocenters. The molecule has 0 amide bonds. The average molecular weight is 229 g/mol. The van der Waals surface area contributed by atoms with Crippen LogP contribution in [0.15, 0.2) is 35.1 Å². The minimum absolute atomic E-state index is 0.144. The van der Waals surface area contributed by atoms with Gasteiger partial charge in [0.25, 0.3) is 5.56 Å². The zero-order valence-corrected chi connectivity index (χ0v) is 9.95. The van der Waals surface area contributed by atoms with E-state index in [1.807, 2.05) is 18.2 Å². The zero-order chi connectivity index (χ0) is 12.3. The number of anilines is 2. The molecule has 17 heavy (non-hydrogen) atoms. The second-order valence-corrected chi connectivity index (χ2v) is 3.87. The molecule has 0 bridgehead atoms. The van der Waals surface area contributed by atoms with E-state index < -0.39 is 0 Å². The van der Waals surface area contributed by atoms with E-state index in [0.717, 1.165) is 12.1 Å². The van der Waals surface area contributed by atoms with Crippen molar-refractivity contribution in [3.8, 4) is 0 Å². The first-order valence-corrected chi connectivity index (χ1v) is 5.62. The van der Waals surface area contributed by atoms with Gasteiger partial charge in [-0.2, -0.15) is 0 Å². The summed E-state index contributed by atoms with van der Waals surface area (Å²) < 4.78 is 0. The van der Waals surface area contributed by atoms with Gasteiger partial charge in [-0.3, -0.25) is 9.78 Å². The van der Waals surface area contributed by atoms with Gasteiger partial charge >= 0.3 is 0 Å². The molecule has 1 aromatic heterocycles.